The Bertz CT molecular complexity index is 332. The maximum Gasteiger partial charge on any atom is 1.00 e. The summed E-state index contributed by atoms with van der Waals surface area (Å²) in [5, 5.41) is 34.2. The molecule has 11 nitrogen and oxygen atoms in total. The van der Waals surface area contributed by atoms with Crippen molar-refractivity contribution >= 4 is 23.9 Å². The van der Waals surface area contributed by atoms with Gasteiger partial charge in [-0.25, -0.2) is 0 Å². The molecule has 0 aliphatic carbocycles. The standard InChI is InChI=1S/2C5H9NO4.H3N.Na/c2*6-3(5(9)10)1-2-4(7)8;;/h2*3H,1-2,6H2,(H,7,8)(H,9,10);1H3;/q;;;+1/p-1. The van der Waals surface area contributed by atoms with Crippen LogP contribution in [0.2, 0.25) is 0 Å². The second-order valence-electron chi connectivity index (χ2n) is 3.74. The summed E-state index contributed by atoms with van der Waals surface area (Å²) < 4.78 is 0. The third-order valence-corrected chi connectivity index (χ3v) is 1.96. The third-order valence-electron chi connectivity index (χ3n) is 1.96. The summed E-state index contributed by atoms with van der Waals surface area (Å²) in [6, 6.07) is -2.23. The molecule has 0 spiro atoms. The molecule has 0 radical (unpaired) electrons. The summed E-state index contributed by atoms with van der Waals surface area (Å²) in [6.07, 6.45) is -0.551. The molecule has 10 N–H and O–H groups in total. The Balaban J connectivity index is -0.000000135. The van der Waals surface area contributed by atoms with E-state index in [1.165, 1.54) is 0 Å². The van der Waals surface area contributed by atoms with E-state index in [9.17, 15) is 24.3 Å². The second-order valence-corrected chi connectivity index (χ2v) is 3.74. The number of hydrogen-bond donors (Lipinski definition) is 6. The summed E-state index contributed by atoms with van der Waals surface area (Å²) in [5.74, 6) is -4.67. The molecule has 0 aromatic carbocycles. The topological polar surface area (TPSA) is 239 Å². The molecule has 0 saturated carbocycles. The van der Waals surface area contributed by atoms with Crippen molar-refractivity contribution < 1.29 is 69.2 Å². The van der Waals surface area contributed by atoms with Gasteiger partial charge in [0.15, 0.2) is 0 Å². The average molecular weight is 333 g/mol. The average Bonchev–Trinajstić information content (AvgIpc) is 2.33. The molecular weight excluding hydrogens is 313 g/mol. The Kier molecular flexibility index (Phi) is 21.2. The number of rotatable bonds is 8. The van der Waals surface area contributed by atoms with Crippen LogP contribution in [-0.2, 0) is 19.2 Å². The Hall–Kier alpha value is -1.24. The number of hydrogen-bond acceptors (Lipinski definition) is 8. The minimum absolute atomic E-state index is 0. The minimum Gasteiger partial charge on any atom is -0.548 e. The quantitative estimate of drug-likeness (QED) is 0.229. The first-order valence-corrected chi connectivity index (χ1v) is 5.46. The van der Waals surface area contributed by atoms with Gasteiger partial charge in [-0.2, -0.15) is 0 Å². The monoisotopic (exact) mass is 333 g/mol. The SMILES string of the molecule is N.NC(CCC(=O)O)C(=O)O.NC(CCC(=O)O)C(=O)[O-].[Na+]. The van der Waals surface area contributed by atoms with E-state index in [2.05, 4.69) is 0 Å². The molecule has 2 unspecified atom stereocenters. The van der Waals surface area contributed by atoms with Crippen LogP contribution in [0.4, 0.5) is 0 Å². The smallest absolute Gasteiger partial charge is 0.548 e. The first-order chi connectivity index (χ1) is 9.07. The molecule has 12 heteroatoms. The van der Waals surface area contributed by atoms with Crippen molar-refractivity contribution in [1.29, 1.82) is 0 Å². The van der Waals surface area contributed by atoms with Gasteiger partial charge in [0.05, 0.1) is 5.97 Å². The predicted molar refractivity (Wildman–Crippen MR) is 67.4 cm³/mol. The van der Waals surface area contributed by atoms with E-state index in [1.807, 2.05) is 0 Å². The largest absolute Gasteiger partial charge is 1.00 e. The van der Waals surface area contributed by atoms with Crippen LogP contribution < -0.4 is 52.3 Å². The number of carbonyl (C=O) groups excluding carboxylic acids is 1. The molecule has 2 atom stereocenters. The molecule has 0 aliphatic rings. The molecule has 22 heavy (non-hydrogen) atoms. The van der Waals surface area contributed by atoms with Crippen LogP contribution >= 0.6 is 0 Å². The van der Waals surface area contributed by atoms with Crippen LogP contribution in [0.25, 0.3) is 0 Å². The number of carbonyl (C=O) groups is 4. The Morgan fingerprint density at radius 2 is 1.18 bits per heavy atom. The summed E-state index contributed by atoms with van der Waals surface area (Å²) in [7, 11) is 0. The van der Waals surface area contributed by atoms with Gasteiger partial charge in [0, 0.05) is 18.9 Å². The number of aliphatic carboxylic acids is 4. The molecule has 124 valence electrons. The van der Waals surface area contributed by atoms with E-state index in [-0.39, 0.29) is 61.4 Å². The van der Waals surface area contributed by atoms with Crippen LogP contribution in [0.3, 0.4) is 0 Å². The van der Waals surface area contributed by atoms with Crippen LogP contribution in [0.1, 0.15) is 25.7 Å². The number of carboxylic acid groups (broad SMARTS) is 4. The van der Waals surface area contributed by atoms with Crippen LogP contribution in [0.15, 0.2) is 0 Å². The van der Waals surface area contributed by atoms with Gasteiger partial charge in [0.1, 0.15) is 6.04 Å². The van der Waals surface area contributed by atoms with E-state index < -0.39 is 36.0 Å². The Morgan fingerprint density at radius 1 is 0.864 bits per heavy atom. The zero-order valence-corrected chi connectivity index (χ0v) is 14.2. The zero-order chi connectivity index (χ0) is 16.3. The molecule has 0 fully saturated rings. The van der Waals surface area contributed by atoms with E-state index in [4.69, 9.17) is 26.8 Å². The molecule has 0 heterocycles. The first-order valence-electron chi connectivity index (χ1n) is 5.46. The molecule has 0 amide bonds. The fourth-order valence-corrected chi connectivity index (χ4v) is 0.799. The van der Waals surface area contributed by atoms with Crippen molar-refractivity contribution in [3.05, 3.63) is 0 Å². The molecule has 0 aromatic heterocycles. The zero-order valence-electron chi connectivity index (χ0n) is 12.2. The van der Waals surface area contributed by atoms with Gasteiger partial charge in [-0.05, 0) is 12.8 Å². The van der Waals surface area contributed by atoms with Gasteiger partial charge in [0.2, 0.25) is 0 Å². The minimum atomic E-state index is -1.42. The molecule has 0 saturated heterocycles. The van der Waals surface area contributed by atoms with Gasteiger partial charge < -0.3 is 42.8 Å². The van der Waals surface area contributed by atoms with E-state index in [0.717, 1.165) is 0 Å². The van der Waals surface area contributed by atoms with E-state index in [0.29, 0.717) is 0 Å². The summed E-state index contributed by atoms with van der Waals surface area (Å²) in [6.45, 7) is 0. The normalized spacial score (nSPS) is 11.4. The Morgan fingerprint density at radius 3 is 1.41 bits per heavy atom. The maximum atomic E-state index is 9.99. The van der Waals surface area contributed by atoms with Crippen LogP contribution in [-0.4, -0.2) is 51.3 Å². The van der Waals surface area contributed by atoms with E-state index >= 15 is 0 Å². The Labute approximate surface area is 148 Å². The van der Waals surface area contributed by atoms with Gasteiger partial charge in [-0.3, -0.25) is 14.4 Å². The van der Waals surface area contributed by atoms with Gasteiger partial charge in [0.25, 0.3) is 0 Å². The van der Waals surface area contributed by atoms with Crippen molar-refractivity contribution in [2.24, 2.45) is 11.5 Å². The van der Waals surface area contributed by atoms with Gasteiger partial charge >= 0.3 is 47.5 Å². The maximum absolute atomic E-state index is 9.99. The predicted octanol–water partition coefficient (Wildman–Crippen LogP) is -5.64. The van der Waals surface area contributed by atoms with Crippen molar-refractivity contribution in [1.82, 2.24) is 6.15 Å². The second kappa shape index (κ2) is 16.1. The molecule has 0 aromatic rings. The van der Waals surface area contributed by atoms with Crippen molar-refractivity contribution in [2.45, 2.75) is 37.8 Å². The first kappa shape index (κ1) is 28.9. The number of carboxylic acids is 4. The number of nitrogens with two attached hydrogens (primary N) is 2. The summed E-state index contributed by atoms with van der Waals surface area (Å²) in [4.78, 5) is 39.6. The van der Waals surface area contributed by atoms with E-state index in [1.54, 1.807) is 0 Å². The molecular formula is C10H20N3NaO8. The van der Waals surface area contributed by atoms with Crippen LogP contribution in [0, 0.1) is 0 Å². The van der Waals surface area contributed by atoms with Crippen molar-refractivity contribution in [2.75, 3.05) is 0 Å². The summed E-state index contributed by atoms with van der Waals surface area (Å²) in [5.41, 5.74) is 9.94. The van der Waals surface area contributed by atoms with Crippen LogP contribution in [0.5, 0.6) is 0 Å². The molecule has 0 aliphatic heterocycles. The molecule has 0 bridgehead atoms. The fourth-order valence-electron chi connectivity index (χ4n) is 0.799. The summed E-state index contributed by atoms with van der Waals surface area (Å²) >= 11 is 0. The fraction of sp³-hybridized carbons (Fsp3) is 0.600. The van der Waals surface area contributed by atoms with Gasteiger partial charge in [-0.1, -0.05) is 0 Å². The van der Waals surface area contributed by atoms with Crippen molar-refractivity contribution in [3.63, 3.8) is 0 Å². The molecule has 0 rings (SSSR count). The van der Waals surface area contributed by atoms with Gasteiger partial charge in [-0.15, -0.1) is 0 Å². The van der Waals surface area contributed by atoms with Crippen molar-refractivity contribution in [3.8, 4) is 0 Å². The third kappa shape index (κ3) is 21.1.